The molecule has 2 aromatic carbocycles. The zero-order valence-corrected chi connectivity index (χ0v) is 18.3. The Balaban J connectivity index is 1.58. The number of nitrogens with one attached hydrogen (secondary N) is 2. The molecule has 2 aromatic rings. The summed E-state index contributed by atoms with van der Waals surface area (Å²) in [6, 6.07) is 12.6. The van der Waals surface area contributed by atoms with Gasteiger partial charge in [-0.05, 0) is 57.3 Å². The second-order valence-corrected chi connectivity index (χ2v) is 7.27. The van der Waals surface area contributed by atoms with Gasteiger partial charge in [0.05, 0.1) is 13.2 Å². The van der Waals surface area contributed by atoms with Gasteiger partial charge in [-0.3, -0.25) is 9.59 Å². The van der Waals surface area contributed by atoms with Crippen LogP contribution in [0.25, 0.3) is 0 Å². The Morgan fingerprint density at radius 2 is 1.35 bits per heavy atom. The van der Waals surface area contributed by atoms with Gasteiger partial charge < -0.3 is 29.9 Å². The largest absolute Gasteiger partial charge is 0.490 e. The monoisotopic (exact) mass is 426 g/mol. The molecular weight excluding hydrogens is 396 g/mol. The second kappa shape index (κ2) is 10.7. The predicted octanol–water partition coefficient (Wildman–Crippen LogP) is 2.81. The number of amides is 2. The van der Waals surface area contributed by atoms with Crippen LogP contribution in [0, 0.1) is 0 Å². The van der Waals surface area contributed by atoms with E-state index < -0.39 is 11.8 Å². The van der Waals surface area contributed by atoms with Crippen LogP contribution in [0.2, 0.25) is 0 Å². The van der Waals surface area contributed by atoms with Crippen LogP contribution in [0.5, 0.6) is 11.5 Å². The minimum atomic E-state index is -0.755. The molecular formula is C23H30N4O4. The fourth-order valence-electron chi connectivity index (χ4n) is 3.32. The lowest BCUT2D eigenvalue weighted by atomic mass is 10.2. The van der Waals surface area contributed by atoms with Crippen molar-refractivity contribution in [3.63, 3.8) is 0 Å². The van der Waals surface area contributed by atoms with Crippen molar-refractivity contribution in [2.24, 2.45) is 0 Å². The standard InChI is InChI=1S/C23H30N4O4/c1-4-30-20-11-8-18(16-21(20)31-5-2)25-23(29)22(28)24-17-6-9-19(10-7-17)27-14-12-26(3)13-15-27/h6-11,16H,4-5,12-15H2,1-3H3,(H,24,28)(H,25,29). The first-order valence-corrected chi connectivity index (χ1v) is 10.6. The molecule has 31 heavy (non-hydrogen) atoms. The molecule has 1 heterocycles. The van der Waals surface area contributed by atoms with E-state index in [4.69, 9.17) is 9.47 Å². The van der Waals surface area contributed by atoms with Crippen LogP contribution in [0.15, 0.2) is 42.5 Å². The number of carbonyl (C=O) groups excluding carboxylic acids is 2. The van der Waals surface area contributed by atoms with Gasteiger partial charge in [-0.15, -0.1) is 0 Å². The van der Waals surface area contributed by atoms with Crippen LogP contribution in [-0.4, -0.2) is 63.2 Å². The second-order valence-electron chi connectivity index (χ2n) is 7.27. The number of piperazine rings is 1. The third-order valence-electron chi connectivity index (χ3n) is 5.00. The van der Waals surface area contributed by atoms with E-state index in [1.165, 1.54) is 0 Å². The number of nitrogens with zero attached hydrogens (tertiary/aromatic N) is 2. The van der Waals surface area contributed by atoms with Crippen molar-refractivity contribution in [3.05, 3.63) is 42.5 Å². The summed E-state index contributed by atoms with van der Waals surface area (Å²) in [5.74, 6) is -0.386. The Morgan fingerprint density at radius 3 is 1.97 bits per heavy atom. The molecule has 0 unspecified atom stereocenters. The zero-order chi connectivity index (χ0) is 22.2. The maximum atomic E-state index is 12.3. The van der Waals surface area contributed by atoms with Crippen molar-refractivity contribution < 1.29 is 19.1 Å². The number of rotatable bonds is 7. The highest BCUT2D eigenvalue weighted by molar-refractivity contribution is 6.43. The van der Waals surface area contributed by atoms with Crippen LogP contribution in [-0.2, 0) is 9.59 Å². The Kier molecular flexibility index (Phi) is 7.72. The lowest BCUT2D eigenvalue weighted by Crippen LogP contribution is -2.44. The molecule has 2 N–H and O–H groups in total. The van der Waals surface area contributed by atoms with Crippen LogP contribution in [0.3, 0.4) is 0 Å². The average molecular weight is 427 g/mol. The van der Waals surface area contributed by atoms with E-state index in [1.54, 1.807) is 18.2 Å². The molecule has 0 saturated carbocycles. The molecule has 0 bridgehead atoms. The number of hydrogen-bond donors (Lipinski definition) is 2. The molecule has 8 nitrogen and oxygen atoms in total. The highest BCUT2D eigenvalue weighted by atomic mass is 16.5. The van der Waals surface area contributed by atoms with Gasteiger partial charge >= 0.3 is 11.8 Å². The molecule has 0 spiro atoms. The highest BCUT2D eigenvalue weighted by Crippen LogP contribution is 2.30. The summed E-state index contributed by atoms with van der Waals surface area (Å²) >= 11 is 0. The molecule has 1 fully saturated rings. The molecule has 8 heteroatoms. The molecule has 0 aromatic heterocycles. The van der Waals surface area contributed by atoms with Crippen molar-refractivity contribution in [1.29, 1.82) is 0 Å². The lowest BCUT2D eigenvalue weighted by Gasteiger charge is -2.34. The van der Waals surface area contributed by atoms with Crippen molar-refractivity contribution in [2.45, 2.75) is 13.8 Å². The molecule has 166 valence electrons. The van der Waals surface area contributed by atoms with Gasteiger partial charge in [0.15, 0.2) is 11.5 Å². The summed E-state index contributed by atoms with van der Waals surface area (Å²) in [7, 11) is 2.12. The van der Waals surface area contributed by atoms with Gasteiger partial charge in [-0.2, -0.15) is 0 Å². The molecule has 1 aliphatic heterocycles. The lowest BCUT2D eigenvalue weighted by molar-refractivity contribution is -0.132. The summed E-state index contributed by atoms with van der Waals surface area (Å²) in [5, 5.41) is 5.23. The number of benzene rings is 2. The number of carbonyl (C=O) groups is 2. The van der Waals surface area contributed by atoms with Gasteiger partial charge in [0.1, 0.15) is 0 Å². The minimum absolute atomic E-state index is 0.456. The average Bonchev–Trinajstić information content (AvgIpc) is 2.77. The Labute approximate surface area is 183 Å². The Bertz CT molecular complexity index is 893. The normalized spacial score (nSPS) is 14.1. The molecule has 0 atom stereocenters. The quantitative estimate of drug-likeness (QED) is 0.663. The van der Waals surface area contributed by atoms with E-state index in [9.17, 15) is 9.59 Å². The maximum absolute atomic E-state index is 12.3. The Hall–Kier alpha value is -3.26. The zero-order valence-electron chi connectivity index (χ0n) is 18.3. The molecule has 0 radical (unpaired) electrons. The van der Waals surface area contributed by atoms with E-state index in [0.29, 0.717) is 36.1 Å². The van der Waals surface area contributed by atoms with E-state index in [0.717, 1.165) is 31.9 Å². The SMILES string of the molecule is CCOc1ccc(NC(=O)C(=O)Nc2ccc(N3CCN(C)CC3)cc2)cc1OCC. The van der Waals surface area contributed by atoms with Crippen LogP contribution < -0.4 is 25.0 Å². The first-order chi connectivity index (χ1) is 15.0. The molecule has 2 amide bonds. The Morgan fingerprint density at radius 1 is 0.806 bits per heavy atom. The minimum Gasteiger partial charge on any atom is -0.490 e. The highest BCUT2D eigenvalue weighted by Gasteiger charge is 2.17. The van der Waals surface area contributed by atoms with E-state index in [-0.39, 0.29) is 0 Å². The smallest absolute Gasteiger partial charge is 0.314 e. The van der Waals surface area contributed by atoms with Gasteiger partial charge in [0.2, 0.25) is 0 Å². The first-order valence-electron chi connectivity index (χ1n) is 10.6. The summed E-state index contributed by atoms with van der Waals surface area (Å²) in [4.78, 5) is 29.3. The van der Waals surface area contributed by atoms with Gasteiger partial charge in [0, 0.05) is 49.3 Å². The molecule has 0 aliphatic carbocycles. The predicted molar refractivity (Wildman–Crippen MR) is 122 cm³/mol. The summed E-state index contributed by atoms with van der Waals surface area (Å²) in [6.07, 6.45) is 0. The number of hydrogen-bond acceptors (Lipinski definition) is 6. The third kappa shape index (κ3) is 6.11. The number of ether oxygens (including phenoxy) is 2. The van der Waals surface area contributed by atoms with Gasteiger partial charge in [0.25, 0.3) is 0 Å². The van der Waals surface area contributed by atoms with E-state index >= 15 is 0 Å². The third-order valence-corrected chi connectivity index (χ3v) is 5.00. The van der Waals surface area contributed by atoms with Crippen LogP contribution in [0.4, 0.5) is 17.1 Å². The van der Waals surface area contributed by atoms with Crippen molar-refractivity contribution in [1.82, 2.24) is 4.90 Å². The first kappa shape index (κ1) is 22.4. The fraction of sp³-hybridized carbons (Fsp3) is 0.391. The van der Waals surface area contributed by atoms with Crippen molar-refractivity contribution in [2.75, 3.05) is 62.0 Å². The van der Waals surface area contributed by atoms with Crippen LogP contribution >= 0.6 is 0 Å². The fourth-order valence-corrected chi connectivity index (χ4v) is 3.32. The summed E-state index contributed by atoms with van der Waals surface area (Å²) < 4.78 is 11.1. The van der Waals surface area contributed by atoms with E-state index in [1.807, 2.05) is 38.1 Å². The van der Waals surface area contributed by atoms with Gasteiger partial charge in [-0.25, -0.2) is 0 Å². The van der Waals surface area contributed by atoms with Crippen LogP contribution in [0.1, 0.15) is 13.8 Å². The summed E-state index contributed by atoms with van der Waals surface area (Å²) in [6.45, 7) is 8.69. The summed E-state index contributed by atoms with van der Waals surface area (Å²) in [5.41, 5.74) is 2.13. The molecule has 1 saturated heterocycles. The number of anilines is 3. The van der Waals surface area contributed by atoms with Gasteiger partial charge in [-0.1, -0.05) is 0 Å². The number of likely N-dealkylation sites (N-methyl/N-ethyl adjacent to an activating group) is 1. The maximum Gasteiger partial charge on any atom is 0.314 e. The topological polar surface area (TPSA) is 83.1 Å². The van der Waals surface area contributed by atoms with Crippen molar-refractivity contribution in [3.8, 4) is 11.5 Å². The molecule has 3 rings (SSSR count). The molecule has 1 aliphatic rings. The van der Waals surface area contributed by atoms with Crippen molar-refractivity contribution >= 4 is 28.9 Å². The van der Waals surface area contributed by atoms with E-state index in [2.05, 4.69) is 27.5 Å².